The molecule has 2 atom stereocenters. The highest BCUT2D eigenvalue weighted by Gasteiger charge is 2.48. The van der Waals surface area contributed by atoms with Crippen LogP contribution in [0.4, 0.5) is 0 Å². The molecule has 0 radical (unpaired) electrons. The van der Waals surface area contributed by atoms with E-state index in [1.54, 1.807) is 0 Å². The van der Waals surface area contributed by atoms with E-state index < -0.39 is 5.60 Å². The van der Waals surface area contributed by atoms with E-state index in [1.165, 1.54) is 18.5 Å². The average molecular weight is 231 g/mol. The van der Waals surface area contributed by atoms with Crippen molar-refractivity contribution < 1.29 is 5.11 Å². The van der Waals surface area contributed by atoms with E-state index in [0.29, 0.717) is 6.04 Å². The Morgan fingerprint density at radius 1 is 1.41 bits per heavy atom. The van der Waals surface area contributed by atoms with Crippen LogP contribution < -0.4 is 0 Å². The van der Waals surface area contributed by atoms with Gasteiger partial charge in [0.1, 0.15) is 5.60 Å². The Balaban J connectivity index is 1.96. The van der Waals surface area contributed by atoms with Crippen molar-refractivity contribution in [2.24, 2.45) is 0 Å². The van der Waals surface area contributed by atoms with Crippen LogP contribution in [0.3, 0.4) is 0 Å². The van der Waals surface area contributed by atoms with E-state index in [1.807, 2.05) is 0 Å². The second-order valence-electron chi connectivity index (χ2n) is 5.42. The van der Waals surface area contributed by atoms with E-state index >= 15 is 0 Å². The largest absolute Gasteiger partial charge is 0.383 e. The molecule has 0 amide bonds. The van der Waals surface area contributed by atoms with Crippen molar-refractivity contribution in [1.29, 1.82) is 0 Å². The summed E-state index contributed by atoms with van der Waals surface area (Å²) >= 11 is 0. The molecule has 1 N–H and O–H groups in total. The topological polar surface area (TPSA) is 23.5 Å². The quantitative estimate of drug-likeness (QED) is 0.844. The molecular formula is C15H21NO. The predicted molar refractivity (Wildman–Crippen MR) is 68.9 cm³/mol. The molecule has 0 spiro atoms. The Hall–Kier alpha value is -0.860. The van der Waals surface area contributed by atoms with Gasteiger partial charge in [-0.3, -0.25) is 4.90 Å². The molecule has 2 nitrogen and oxygen atoms in total. The normalized spacial score (nSPS) is 32.9. The first-order valence-corrected chi connectivity index (χ1v) is 6.80. The van der Waals surface area contributed by atoms with Crippen LogP contribution in [0.15, 0.2) is 24.3 Å². The first kappa shape index (κ1) is 11.2. The molecule has 1 aromatic rings. The van der Waals surface area contributed by atoms with Gasteiger partial charge in [-0.2, -0.15) is 0 Å². The molecule has 0 saturated carbocycles. The molecule has 2 fully saturated rings. The molecule has 2 heteroatoms. The van der Waals surface area contributed by atoms with Gasteiger partial charge in [0.25, 0.3) is 0 Å². The molecule has 1 aromatic carbocycles. The average Bonchev–Trinajstić information content (AvgIpc) is 2.95. The van der Waals surface area contributed by atoms with Gasteiger partial charge >= 0.3 is 0 Å². The maximum Gasteiger partial charge on any atom is 0.106 e. The Bertz CT molecular complexity index is 417. The van der Waals surface area contributed by atoms with Gasteiger partial charge in [0.05, 0.1) is 0 Å². The summed E-state index contributed by atoms with van der Waals surface area (Å²) < 4.78 is 0. The number of hydrogen-bond acceptors (Lipinski definition) is 2. The van der Waals surface area contributed by atoms with Gasteiger partial charge < -0.3 is 5.11 Å². The van der Waals surface area contributed by atoms with Gasteiger partial charge in [0.15, 0.2) is 0 Å². The van der Waals surface area contributed by atoms with E-state index in [2.05, 4.69) is 36.1 Å². The first-order valence-electron chi connectivity index (χ1n) is 6.80. The summed E-state index contributed by atoms with van der Waals surface area (Å²) in [6.45, 7) is 4.39. The molecule has 0 aromatic heterocycles. The molecule has 3 rings (SSSR count). The van der Waals surface area contributed by atoms with Crippen molar-refractivity contribution in [3.05, 3.63) is 35.4 Å². The summed E-state index contributed by atoms with van der Waals surface area (Å²) in [5.41, 5.74) is 1.86. The summed E-state index contributed by atoms with van der Waals surface area (Å²) in [5, 5.41) is 11.0. The fourth-order valence-corrected chi connectivity index (χ4v) is 3.51. The maximum atomic E-state index is 11.0. The molecule has 2 unspecified atom stereocenters. The van der Waals surface area contributed by atoms with E-state index in [4.69, 9.17) is 0 Å². The second-order valence-corrected chi connectivity index (χ2v) is 5.42. The third kappa shape index (κ3) is 1.71. The van der Waals surface area contributed by atoms with Gasteiger partial charge in [-0.1, -0.05) is 31.2 Å². The van der Waals surface area contributed by atoms with E-state index in [0.717, 1.165) is 31.4 Å². The second kappa shape index (κ2) is 4.11. The number of aryl methyl sites for hydroxylation is 1. The predicted octanol–water partition coefficient (Wildman–Crippen LogP) is 2.30. The molecule has 2 heterocycles. The minimum absolute atomic E-state index is 0.356. The smallest absolute Gasteiger partial charge is 0.106 e. The standard InChI is InChI=1S/C15H21NO/c1-2-12-5-3-6-13(11-12)15(17)8-10-16-9-4-7-14(15)16/h3,5-6,11,14,17H,2,4,7-10H2,1H3. The fourth-order valence-electron chi connectivity index (χ4n) is 3.51. The van der Waals surface area contributed by atoms with Crippen molar-refractivity contribution in [2.45, 2.75) is 44.2 Å². The lowest BCUT2D eigenvalue weighted by Crippen LogP contribution is -2.38. The molecule has 92 valence electrons. The van der Waals surface area contributed by atoms with Crippen LogP contribution in [-0.4, -0.2) is 29.1 Å². The van der Waals surface area contributed by atoms with Crippen molar-refractivity contribution in [3.8, 4) is 0 Å². The lowest BCUT2D eigenvalue weighted by molar-refractivity contribution is 0.00932. The highest BCUT2D eigenvalue weighted by atomic mass is 16.3. The Kier molecular flexibility index (Phi) is 2.72. The zero-order chi connectivity index (χ0) is 11.9. The third-order valence-electron chi connectivity index (χ3n) is 4.53. The third-order valence-corrected chi connectivity index (χ3v) is 4.53. The summed E-state index contributed by atoms with van der Waals surface area (Å²) in [7, 11) is 0. The number of nitrogens with zero attached hydrogens (tertiary/aromatic N) is 1. The highest BCUT2D eigenvalue weighted by Crippen LogP contribution is 2.42. The van der Waals surface area contributed by atoms with Gasteiger partial charge in [0, 0.05) is 12.6 Å². The lowest BCUT2D eigenvalue weighted by Gasteiger charge is -2.30. The van der Waals surface area contributed by atoms with Gasteiger partial charge in [-0.25, -0.2) is 0 Å². The number of benzene rings is 1. The van der Waals surface area contributed by atoms with Crippen molar-refractivity contribution in [1.82, 2.24) is 4.90 Å². The highest BCUT2D eigenvalue weighted by molar-refractivity contribution is 5.31. The van der Waals surface area contributed by atoms with E-state index in [9.17, 15) is 5.11 Å². The fraction of sp³-hybridized carbons (Fsp3) is 0.600. The molecule has 0 bridgehead atoms. The first-order chi connectivity index (χ1) is 8.24. The van der Waals surface area contributed by atoms with Gasteiger partial charge in [-0.05, 0) is 43.4 Å². The van der Waals surface area contributed by atoms with Gasteiger partial charge in [0.2, 0.25) is 0 Å². The Morgan fingerprint density at radius 3 is 3.12 bits per heavy atom. The van der Waals surface area contributed by atoms with Gasteiger partial charge in [-0.15, -0.1) is 0 Å². The van der Waals surface area contributed by atoms with Crippen molar-refractivity contribution >= 4 is 0 Å². The molecule has 2 aliphatic heterocycles. The molecule has 17 heavy (non-hydrogen) atoms. The van der Waals surface area contributed by atoms with Crippen molar-refractivity contribution in [2.75, 3.05) is 13.1 Å². The summed E-state index contributed by atoms with van der Waals surface area (Å²) in [6, 6.07) is 8.88. The Morgan fingerprint density at radius 2 is 2.29 bits per heavy atom. The monoisotopic (exact) mass is 231 g/mol. The van der Waals surface area contributed by atoms with Crippen LogP contribution in [0.1, 0.15) is 37.3 Å². The summed E-state index contributed by atoms with van der Waals surface area (Å²) in [6.07, 6.45) is 4.32. The minimum Gasteiger partial charge on any atom is -0.383 e. The number of fused-ring (bicyclic) bond motifs is 1. The number of rotatable bonds is 2. The molecule has 2 aliphatic rings. The molecule has 2 saturated heterocycles. The number of hydrogen-bond donors (Lipinski definition) is 1. The Labute approximate surface area is 103 Å². The summed E-state index contributed by atoms with van der Waals surface area (Å²) in [5.74, 6) is 0. The van der Waals surface area contributed by atoms with Crippen LogP contribution in [0.5, 0.6) is 0 Å². The lowest BCUT2D eigenvalue weighted by atomic mass is 9.84. The van der Waals surface area contributed by atoms with Crippen LogP contribution >= 0.6 is 0 Å². The minimum atomic E-state index is -0.596. The molecular weight excluding hydrogens is 210 g/mol. The van der Waals surface area contributed by atoms with E-state index in [-0.39, 0.29) is 0 Å². The zero-order valence-electron chi connectivity index (χ0n) is 10.5. The van der Waals surface area contributed by atoms with Crippen LogP contribution in [0.25, 0.3) is 0 Å². The zero-order valence-corrected chi connectivity index (χ0v) is 10.5. The molecule has 0 aliphatic carbocycles. The number of aliphatic hydroxyl groups is 1. The van der Waals surface area contributed by atoms with Crippen molar-refractivity contribution in [3.63, 3.8) is 0 Å². The van der Waals surface area contributed by atoms with Crippen LogP contribution in [0, 0.1) is 0 Å². The van der Waals surface area contributed by atoms with Crippen LogP contribution in [0.2, 0.25) is 0 Å². The maximum absolute atomic E-state index is 11.0. The van der Waals surface area contributed by atoms with Crippen LogP contribution in [-0.2, 0) is 12.0 Å². The SMILES string of the molecule is CCc1cccc(C2(O)CCN3CCCC32)c1. The summed E-state index contributed by atoms with van der Waals surface area (Å²) in [4.78, 5) is 2.46.